The van der Waals surface area contributed by atoms with Crippen LogP contribution < -0.4 is 10.2 Å². The van der Waals surface area contributed by atoms with Gasteiger partial charge in [0.15, 0.2) is 0 Å². The first-order valence-corrected chi connectivity index (χ1v) is 8.50. The standard InChI is InChI=1S/C21H22N4O/c1-15-8-7-11-18(12-15)24-21(26)19-13-20(23-16(2)22-19)25(3)14-17-9-5-4-6-10-17/h4-13H,14H2,1-3H3,(H,24,26). The molecule has 0 saturated carbocycles. The van der Waals surface area contributed by atoms with Gasteiger partial charge in [-0.2, -0.15) is 0 Å². The van der Waals surface area contributed by atoms with Crippen LogP contribution in [0.3, 0.4) is 0 Å². The molecule has 0 aliphatic carbocycles. The summed E-state index contributed by atoms with van der Waals surface area (Å²) in [6.07, 6.45) is 0. The molecule has 1 amide bonds. The molecule has 0 saturated heterocycles. The monoisotopic (exact) mass is 346 g/mol. The van der Waals surface area contributed by atoms with Crippen molar-refractivity contribution in [3.63, 3.8) is 0 Å². The van der Waals surface area contributed by atoms with Gasteiger partial charge in [-0.1, -0.05) is 42.5 Å². The van der Waals surface area contributed by atoms with E-state index in [1.54, 1.807) is 13.0 Å². The SMILES string of the molecule is Cc1cccc(NC(=O)c2cc(N(C)Cc3ccccc3)nc(C)n2)c1. The lowest BCUT2D eigenvalue weighted by Crippen LogP contribution is -2.21. The van der Waals surface area contributed by atoms with Crippen LogP contribution in [-0.2, 0) is 6.54 Å². The van der Waals surface area contributed by atoms with E-state index in [4.69, 9.17) is 0 Å². The number of aromatic nitrogens is 2. The molecule has 2 aromatic carbocycles. The zero-order valence-corrected chi connectivity index (χ0v) is 15.2. The number of carbonyl (C=O) groups is 1. The smallest absolute Gasteiger partial charge is 0.274 e. The van der Waals surface area contributed by atoms with Crippen LogP contribution in [0.25, 0.3) is 0 Å². The highest BCUT2D eigenvalue weighted by Crippen LogP contribution is 2.16. The second-order valence-corrected chi connectivity index (χ2v) is 6.32. The van der Waals surface area contributed by atoms with Crippen LogP contribution in [0.4, 0.5) is 11.5 Å². The van der Waals surface area contributed by atoms with Gasteiger partial charge in [0.25, 0.3) is 5.91 Å². The Morgan fingerprint density at radius 1 is 1.00 bits per heavy atom. The highest BCUT2D eigenvalue weighted by Gasteiger charge is 2.13. The lowest BCUT2D eigenvalue weighted by molar-refractivity contribution is 0.102. The highest BCUT2D eigenvalue weighted by atomic mass is 16.1. The molecule has 0 fully saturated rings. The summed E-state index contributed by atoms with van der Waals surface area (Å²) in [5.74, 6) is 1.04. The maximum Gasteiger partial charge on any atom is 0.274 e. The van der Waals surface area contributed by atoms with Crippen LogP contribution in [0.15, 0.2) is 60.7 Å². The molecular weight excluding hydrogens is 324 g/mol. The molecule has 5 heteroatoms. The molecule has 1 N–H and O–H groups in total. The summed E-state index contributed by atoms with van der Waals surface area (Å²) in [5.41, 5.74) is 3.38. The molecule has 1 heterocycles. The van der Waals surface area contributed by atoms with E-state index < -0.39 is 0 Å². The molecule has 1 aromatic heterocycles. The molecule has 5 nitrogen and oxygen atoms in total. The molecule has 0 aliphatic rings. The van der Waals surface area contributed by atoms with Crippen molar-refractivity contribution in [2.45, 2.75) is 20.4 Å². The molecule has 3 rings (SSSR count). The summed E-state index contributed by atoms with van der Waals surface area (Å²) < 4.78 is 0. The fraction of sp³-hybridized carbons (Fsp3) is 0.190. The Labute approximate surface area is 153 Å². The molecule has 132 valence electrons. The maximum absolute atomic E-state index is 12.6. The Hall–Kier alpha value is -3.21. The molecule has 0 radical (unpaired) electrons. The van der Waals surface area contributed by atoms with Crippen LogP contribution in [0.1, 0.15) is 27.4 Å². The Balaban J connectivity index is 1.79. The second-order valence-electron chi connectivity index (χ2n) is 6.32. The van der Waals surface area contributed by atoms with Gasteiger partial charge < -0.3 is 10.2 Å². The van der Waals surface area contributed by atoms with Gasteiger partial charge in [-0.3, -0.25) is 4.79 Å². The fourth-order valence-electron chi connectivity index (χ4n) is 2.72. The number of nitrogens with zero attached hydrogens (tertiary/aromatic N) is 3. The van der Waals surface area contributed by atoms with Crippen molar-refractivity contribution in [1.82, 2.24) is 9.97 Å². The molecule has 0 bridgehead atoms. The number of nitrogens with one attached hydrogen (secondary N) is 1. The van der Waals surface area contributed by atoms with Gasteiger partial charge in [0.2, 0.25) is 0 Å². The van der Waals surface area contributed by atoms with Crippen molar-refractivity contribution in [2.75, 3.05) is 17.3 Å². The van der Waals surface area contributed by atoms with E-state index in [-0.39, 0.29) is 5.91 Å². The number of aryl methyl sites for hydroxylation is 2. The molecule has 0 spiro atoms. The Bertz CT molecular complexity index is 909. The van der Waals surface area contributed by atoms with Gasteiger partial charge in [0, 0.05) is 25.3 Å². The normalized spacial score (nSPS) is 10.4. The minimum absolute atomic E-state index is 0.240. The number of rotatable bonds is 5. The average Bonchev–Trinajstić information content (AvgIpc) is 2.62. The lowest BCUT2D eigenvalue weighted by Gasteiger charge is -2.19. The summed E-state index contributed by atoms with van der Waals surface area (Å²) in [6, 6.07) is 19.6. The van der Waals surface area contributed by atoms with E-state index in [1.165, 1.54) is 5.56 Å². The summed E-state index contributed by atoms with van der Waals surface area (Å²) in [5, 5.41) is 2.89. The predicted molar refractivity (Wildman–Crippen MR) is 104 cm³/mol. The first-order chi connectivity index (χ1) is 12.5. The second kappa shape index (κ2) is 7.78. The number of hydrogen-bond acceptors (Lipinski definition) is 4. The van der Waals surface area contributed by atoms with Gasteiger partial charge in [0.1, 0.15) is 17.3 Å². The summed E-state index contributed by atoms with van der Waals surface area (Å²) in [4.78, 5) is 23.4. The van der Waals surface area contributed by atoms with Crippen LogP contribution in [0.5, 0.6) is 0 Å². The van der Waals surface area contributed by atoms with Crippen molar-refractivity contribution < 1.29 is 4.79 Å². The first-order valence-electron chi connectivity index (χ1n) is 8.50. The largest absolute Gasteiger partial charge is 0.355 e. The summed E-state index contributed by atoms with van der Waals surface area (Å²) in [6.45, 7) is 4.49. The van der Waals surface area contributed by atoms with Crippen molar-refractivity contribution >= 4 is 17.4 Å². The summed E-state index contributed by atoms with van der Waals surface area (Å²) in [7, 11) is 1.96. The van der Waals surface area contributed by atoms with Gasteiger partial charge in [-0.05, 0) is 37.1 Å². The van der Waals surface area contributed by atoms with E-state index >= 15 is 0 Å². The van der Waals surface area contributed by atoms with Gasteiger partial charge in [-0.15, -0.1) is 0 Å². The Morgan fingerprint density at radius 3 is 2.50 bits per heavy atom. The fourth-order valence-corrected chi connectivity index (χ4v) is 2.72. The minimum atomic E-state index is -0.240. The highest BCUT2D eigenvalue weighted by molar-refractivity contribution is 6.03. The number of hydrogen-bond donors (Lipinski definition) is 1. The van der Waals surface area contributed by atoms with E-state index in [9.17, 15) is 4.79 Å². The van der Waals surface area contributed by atoms with Crippen LogP contribution in [0, 0.1) is 13.8 Å². The van der Waals surface area contributed by atoms with Crippen molar-refractivity contribution in [2.24, 2.45) is 0 Å². The zero-order valence-electron chi connectivity index (χ0n) is 15.2. The molecule has 3 aromatic rings. The van der Waals surface area contributed by atoms with E-state index in [1.807, 2.05) is 61.3 Å². The predicted octanol–water partition coefficient (Wildman–Crippen LogP) is 3.98. The number of anilines is 2. The Kier molecular flexibility index (Phi) is 5.27. The zero-order chi connectivity index (χ0) is 18.5. The van der Waals surface area contributed by atoms with Crippen LogP contribution in [-0.4, -0.2) is 22.9 Å². The Morgan fingerprint density at radius 2 is 1.77 bits per heavy atom. The van der Waals surface area contributed by atoms with Gasteiger partial charge in [-0.25, -0.2) is 9.97 Å². The third kappa shape index (κ3) is 4.45. The lowest BCUT2D eigenvalue weighted by atomic mass is 10.2. The topological polar surface area (TPSA) is 58.1 Å². The molecule has 0 aliphatic heterocycles. The van der Waals surface area contributed by atoms with Crippen LogP contribution in [0.2, 0.25) is 0 Å². The average molecular weight is 346 g/mol. The van der Waals surface area contributed by atoms with Crippen LogP contribution >= 0.6 is 0 Å². The molecule has 0 unspecified atom stereocenters. The van der Waals surface area contributed by atoms with Crippen molar-refractivity contribution in [3.05, 3.63) is 83.3 Å². The number of benzene rings is 2. The minimum Gasteiger partial charge on any atom is -0.355 e. The van der Waals surface area contributed by atoms with Gasteiger partial charge >= 0.3 is 0 Å². The van der Waals surface area contributed by atoms with E-state index in [0.29, 0.717) is 18.1 Å². The van der Waals surface area contributed by atoms with E-state index in [0.717, 1.165) is 17.1 Å². The number of amides is 1. The quantitative estimate of drug-likeness (QED) is 0.759. The third-order valence-electron chi connectivity index (χ3n) is 3.99. The molecular formula is C21H22N4O. The van der Waals surface area contributed by atoms with Crippen molar-refractivity contribution in [1.29, 1.82) is 0 Å². The molecule has 26 heavy (non-hydrogen) atoms. The van der Waals surface area contributed by atoms with Gasteiger partial charge in [0.05, 0.1) is 0 Å². The number of carbonyl (C=O) groups excluding carboxylic acids is 1. The summed E-state index contributed by atoms with van der Waals surface area (Å²) >= 11 is 0. The first kappa shape index (κ1) is 17.6. The third-order valence-corrected chi connectivity index (χ3v) is 3.99. The maximum atomic E-state index is 12.6. The van der Waals surface area contributed by atoms with Crippen molar-refractivity contribution in [3.8, 4) is 0 Å². The van der Waals surface area contributed by atoms with E-state index in [2.05, 4.69) is 27.4 Å². The molecule has 0 atom stereocenters.